The molecular weight excluding hydrogens is 278 g/mol. The van der Waals surface area contributed by atoms with E-state index in [1.165, 1.54) is 5.56 Å². The van der Waals surface area contributed by atoms with E-state index >= 15 is 0 Å². The van der Waals surface area contributed by atoms with Crippen LogP contribution < -0.4 is 0 Å². The summed E-state index contributed by atoms with van der Waals surface area (Å²) < 4.78 is 0. The highest BCUT2D eigenvalue weighted by Crippen LogP contribution is 2.22. The number of rotatable bonds is 6. The first-order valence-corrected chi connectivity index (χ1v) is 8.07. The zero-order chi connectivity index (χ0) is 16.1. The first-order chi connectivity index (χ1) is 10.5. The maximum absolute atomic E-state index is 12.3. The molecular formula is C18H25NO3. The quantitative estimate of drug-likeness (QED) is 0.878. The number of carboxylic acid groups (broad SMARTS) is 1. The van der Waals surface area contributed by atoms with E-state index in [1.807, 2.05) is 0 Å². The number of carbonyl (C=O) groups excluding carboxylic acids is 1. The van der Waals surface area contributed by atoms with Crippen molar-refractivity contribution < 1.29 is 14.7 Å². The number of likely N-dealkylation sites (tertiary alicyclic amines) is 1. The molecule has 1 aromatic rings. The molecule has 1 saturated heterocycles. The Bertz CT molecular complexity index is 522. The van der Waals surface area contributed by atoms with Crippen molar-refractivity contribution in [2.75, 3.05) is 6.54 Å². The van der Waals surface area contributed by atoms with Crippen molar-refractivity contribution in [1.82, 2.24) is 4.90 Å². The van der Waals surface area contributed by atoms with Gasteiger partial charge in [0.15, 0.2) is 0 Å². The molecule has 1 heterocycles. The number of aliphatic carboxylic acids is 1. The van der Waals surface area contributed by atoms with Crippen molar-refractivity contribution in [2.45, 2.75) is 57.9 Å². The molecule has 4 heteroatoms. The Morgan fingerprint density at radius 3 is 2.55 bits per heavy atom. The van der Waals surface area contributed by atoms with Crippen LogP contribution in [-0.4, -0.2) is 34.5 Å². The number of nitrogens with zero attached hydrogens (tertiary/aromatic N) is 1. The van der Waals surface area contributed by atoms with Gasteiger partial charge in [-0.15, -0.1) is 0 Å². The fourth-order valence-electron chi connectivity index (χ4n) is 3.04. The monoisotopic (exact) mass is 303 g/mol. The van der Waals surface area contributed by atoms with Gasteiger partial charge in [-0.2, -0.15) is 0 Å². The summed E-state index contributed by atoms with van der Waals surface area (Å²) in [5.74, 6) is -0.234. The van der Waals surface area contributed by atoms with Gasteiger partial charge in [-0.25, -0.2) is 0 Å². The molecule has 0 saturated carbocycles. The molecule has 0 bridgehead atoms. The van der Waals surface area contributed by atoms with E-state index < -0.39 is 5.97 Å². The molecule has 0 spiro atoms. The van der Waals surface area contributed by atoms with Gasteiger partial charge in [0.1, 0.15) is 0 Å². The molecule has 1 unspecified atom stereocenters. The van der Waals surface area contributed by atoms with Crippen LogP contribution in [0.2, 0.25) is 0 Å². The van der Waals surface area contributed by atoms with Gasteiger partial charge in [-0.05, 0) is 36.3 Å². The average Bonchev–Trinajstić information content (AvgIpc) is 2.92. The molecule has 1 aliphatic heterocycles. The third-order valence-electron chi connectivity index (χ3n) is 4.38. The van der Waals surface area contributed by atoms with Gasteiger partial charge >= 0.3 is 5.97 Å². The van der Waals surface area contributed by atoms with Crippen LogP contribution in [0.25, 0.3) is 0 Å². The van der Waals surface area contributed by atoms with Gasteiger partial charge in [0.05, 0.1) is 6.42 Å². The van der Waals surface area contributed by atoms with E-state index in [1.54, 1.807) is 4.90 Å². The number of hydrogen-bond donors (Lipinski definition) is 1. The van der Waals surface area contributed by atoms with E-state index in [9.17, 15) is 9.59 Å². The summed E-state index contributed by atoms with van der Waals surface area (Å²) in [6.07, 6.45) is 2.95. The molecule has 0 aliphatic carbocycles. The molecule has 1 aromatic carbocycles. The van der Waals surface area contributed by atoms with Gasteiger partial charge in [0.2, 0.25) is 5.91 Å². The second kappa shape index (κ2) is 7.43. The summed E-state index contributed by atoms with van der Waals surface area (Å²) in [7, 11) is 0. The van der Waals surface area contributed by atoms with E-state index in [0.29, 0.717) is 25.3 Å². The molecule has 1 atom stereocenters. The minimum Gasteiger partial charge on any atom is -0.481 e. The third-order valence-corrected chi connectivity index (χ3v) is 4.38. The van der Waals surface area contributed by atoms with Crippen LogP contribution >= 0.6 is 0 Å². The maximum Gasteiger partial charge on any atom is 0.305 e. The molecule has 1 aliphatic rings. The highest BCUT2D eigenvalue weighted by Gasteiger charge is 2.29. The van der Waals surface area contributed by atoms with Gasteiger partial charge in [-0.1, -0.05) is 38.1 Å². The molecule has 2 rings (SSSR count). The molecule has 22 heavy (non-hydrogen) atoms. The first-order valence-electron chi connectivity index (χ1n) is 8.07. The smallest absolute Gasteiger partial charge is 0.305 e. The Balaban J connectivity index is 1.87. The van der Waals surface area contributed by atoms with E-state index in [2.05, 4.69) is 38.1 Å². The zero-order valence-corrected chi connectivity index (χ0v) is 13.4. The highest BCUT2D eigenvalue weighted by molar-refractivity contribution is 5.78. The van der Waals surface area contributed by atoms with E-state index in [-0.39, 0.29) is 18.4 Å². The first kappa shape index (κ1) is 16.5. The number of carboxylic acids is 1. The largest absolute Gasteiger partial charge is 0.481 e. The van der Waals surface area contributed by atoms with Crippen LogP contribution in [0, 0.1) is 0 Å². The molecule has 4 nitrogen and oxygen atoms in total. The minimum atomic E-state index is -0.825. The fourth-order valence-corrected chi connectivity index (χ4v) is 3.04. The number of hydrogen-bond acceptors (Lipinski definition) is 2. The van der Waals surface area contributed by atoms with Crippen LogP contribution in [0.5, 0.6) is 0 Å². The minimum absolute atomic E-state index is 0.0643. The summed E-state index contributed by atoms with van der Waals surface area (Å²) in [5.41, 5.74) is 2.46. The summed E-state index contributed by atoms with van der Waals surface area (Å²) in [6.45, 7) is 5.02. The van der Waals surface area contributed by atoms with Gasteiger partial charge < -0.3 is 10.0 Å². The lowest BCUT2D eigenvalue weighted by Crippen LogP contribution is -2.36. The average molecular weight is 303 g/mol. The Labute approximate surface area is 132 Å². The van der Waals surface area contributed by atoms with Crippen molar-refractivity contribution in [3.05, 3.63) is 35.4 Å². The van der Waals surface area contributed by atoms with Crippen LogP contribution in [0.15, 0.2) is 24.3 Å². The molecule has 1 amide bonds. The molecule has 1 fully saturated rings. The SMILES string of the molecule is CC(C)c1ccc(CCC(=O)N2CCCC2CC(=O)O)cc1. The highest BCUT2D eigenvalue weighted by atomic mass is 16.4. The van der Waals surface area contributed by atoms with Crippen molar-refractivity contribution in [2.24, 2.45) is 0 Å². The van der Waals surface area contributed by atoms with Gasteiger partial charge in [-0.3, -0.25) is 9.59 Å². The number of aryl methyl sites for hydroxylation is 1. The van der Waals surface area contributed by atoms with E-state index in [4.69, 9.17) is 5.11 Å². The van der Waals surface area contributed by atoms with Crippen LogP contribution in [0.1, 0.15) is 56.6 Å². The van der Waals surface area contributed by atoms with Crippen LogP contribution in [0.3, 0.4) is 0 Å². The lowest BCUT2D eigenvalue weighted by atomic mass is 10.00. The lowest BCUT2D eigenvalue weighted by Gasteiger charge is -2.23. The topological polar surface area (TPSA) is 57.6 Å². The number of carbonyl (C=O) groups is 2. The lowest BCUT2D eigenvalue weighted by molar-refractivity contribution is -0.139. The maximum atomic E-state index is 12.3. The fraction of sp³-hybridized carbons (Fsp3) is 0.556. The molecule has 1 N–H and O–H groups in total. The summed E-state index contributed by atoms with van der Waals surface area (Å²) in [4.78, 5) is 24.9. The van der Waals surface area contributed by atoms with Crippen molar-refractivity contribution in [1.29, 1.82) is 0 Å². The van der Waals surface area contributed by atoms with Crippen molar-refractivity contribution in [3.63, 3.8) is 0 Å². The second-order valence-electron chi connectivity index (χ2n) is 6.38. The molecule has 120 valence electrons. The predicted octanol–water partition coefficient (Wildman–Crippen LogP) is 3.21. The molecule has 0 radical (unpaired) electrons. The van der Waals surface area contributed by atoms with Crippen molar-refractivity contribution >= 4 is 11.9 Å². The summed E-state index contributed by atoms with van der Waals surface area (Å²) in [6, 6.07) is 8.29. The predicted molar refractivity (Wildman–Crippen MR) is 85.8 cm³/mol. The Morgan fingerprint density at radius 1 is 1.27 bits per heavy atom. The van der Waals surface area contributed by atoms with Crippen molar-refractivity contribution in [3.8, 4) is 0 Å². The second-order valence-corrected chi connectivity index (χ2v) is 6.38. The van der Waals surface area contributed by atoms with Gasteiger partial charge in [0.25, 0.3) is 0 Å². The Morgan fingerprint density at radius 2 is 1.95 bits per heavy atom. The van der Waals surface area contributed by atoms with Crippen LogP contribution in [-0.2, 0) is 16.0 Å². The molecule has 0 aromatic heterocycles. The normalized spacial score (nSPS) is 18.0. The van der Waals surface area contributed by atoms with Gasteiger partial charge in [0, 0.05) is 19.0 Å². The summed E-state index contributed by atoms with van der Waals surface area (Å²) >= 11 is 0. The Kier molecular flexibility index (Phi) is 5.58. The van der Waals surface area contributed by atoms with E-state index in [0.717, 1.165) is 18.4 Å². The standard InChI is InChI=1S/C18H25NO3/c1-13(2)15-8-5-14(6-9-15)7-10-17(20)19-11-3-4-16(19)12-18(21)22/h5-6,8-9,13,16H,3-4,7,10-12H2,1-2H3,(H,21,22). The number of amides is 1. The zero-order valence-electron chi connectivity index (χ0n) is 13.4. The number of benzene rings is 1. The summed E-state index contributed by atoms with van der Waals surface area (Å²) in [5, 5.41) is 8.91. The third kappa shape index (κ3) is 4.33. The van der Waals surface area contributed by atoms with Crippen LogP contribution in [0.4, 0.5) is 0 Å². The Hall–Kier alpha value is -1.84.